The number of anilines is 1. The van der Waals surface area contributed by atoms with E-state index in [0.29, 0.717) is 37.6 Å². The Hall–Kier alpha value is -1.66. The summed E-state index contributed by atoms with van der Waals surface area (Å²) in [5.74, 6) is -0.526. The number of carbonyl (C=O) groups is 1. The van der Waals surface area contributed by atoms with E-state index in [1.165, 1.54) is 6.07 Å². The summed E-state index contributed by atoms with van der Waals surface area (Å²) in [7, 11) is 0. The van der Waals surface area contributed by atoms with Crippen molar-refractivity contribution in [2.24, 2.45) is 5.73 Å². The Morgan fingerprint density at radius 3 is 2.80 bits per heavy atom. The summed E-state index contributed by atoms with van der Waals surface area (Å²) in [5.41, 5.74) is 6.74. The van der Waals surface area contributed by atoms with Gasteiger partial charge in [-0.05, 0) is 24.6 Å². The molecule has 1 saturated heterocycles. The zero-order valence-electron chi connectivity index (χ0n) is 11.6. The lowest BCUT2D eigenvalue weighted by Gasteiger charge is -2.29. The van der Waals surface area contributed by atoms with Gasteiger partial charge < -0.3 is 20.7 Å². The SMILES string of the molecule is CC(N)C(=O)NCc1ccc(N2CCOCC2)c(F)c1. The van der Waals surface area contributed by atoms with E-state index in [2.05, 4.69) is 5.32 Å². The van der Waals surface area contributed by atoms with Crippen molar-refractivity contribution >= 4 is 11.6 Å². The van der Waals surface area contributed by atoms with Gasteiger partial charge in [0.25, 0.3) is 0 Å². The van der Waals surface area contributed by atoms with Crippen LogP contribution in [0.1, 0.15) is 12.5 Å². The molecule has 1 unspecified atom stereocenters. The number of amides is 1. The third-order valence-electron chi connectivity index (χ3n) is 3.24. The van der Waals surface area contributed by atoms with Crippen LogP contribution in [0.25, 0.3) is 0 Å². The van der Waals surface area contributed by atoms with Gasteiger partial charge in [0, 0.05) is 19.6 Å². The molecule has 1 aliphatic rings. The molecule has 1 aromatic carbocycles. The summed E-state index contributed by atoms with van der Waals surface area (Å²) >= 11 is 0. The van der Waals surface area contributed by atoms with Crippen LogP contribution in [0.3, 0.4) is 0 Å². The highest BCUT2D eigenvalue weighted by Crippen LogP contribution is 2.21. The number of hydrogen-bond donors (Lipinski definition) is 2. The minimum Gasteiger partial charge on any atom is -0.378 e. The Balaban J connectivity index is 2.00. The molecule has 1 amide bonds. The lowest BCUT2D eigenvalue weighted by Crippen LogP contribution is -2.38. The van der Waals surface area contributed by atoms with Gasteiger partial charge in [0.05, 0.1) is 24.9 Å². The number of halogens is 1. The van der Waals surface area contributed by atoms with Crippen LogP contribution in [0.4, 0.5) is 10.1 Å². The van der Waals surface area contributed by atoms with Gasteiger partial charge in [-0.25, -0.2) is 4.39 Å². The molecule has 6 heteroatoms. The van der Waals surface area contributed by atoms with Gasteiger partial charge in [-0.1, -0.05) is 6.07 Å². The van der Waals surface area contributed by atoms with Crippen LogP contribution in [0.15, 0.2) is 18.2 Å². The largest absolute Gasteiger partial charge is 0.378 e. The van der Waals surface area contributed by atoms with Crippen LogP contribution in [0.5, 0.6) is 0 Å². The number of morpholine rings is 1. The lowest BCUT2D eigenvalue weighted by molar-refractivity contribution is -0.122. The zero-order chi connectivity index (χ0) is 14.5. The molecule has 1 heterocycles. The highest BCUT2D eigenvalue weighted by Gasteiger charge is 2.15. The Morgan fingerprint density at radius 2 is 2.20 bits per heavy atom. The molecular formula is C14H20FN3O2. The minimum absolute atomic E-state index is 0.248. The normalized spacial score (nSPS) is 16.9. The van der Waals surface area contributed by atoms with Crippen LogP contribution >= 0.6 is 0 Å². The number of nitrogens with one attached hydrogen (secondary N) is 1. The van der Waals surface area contributed by atoms with Crippen molar-refractivity contribution in [3.63, 3.8) is 0 Å². The summed E-state index contributed by atoms with van der Waals surface area (Å²) in [4.78, 5) is 13.3. The van der Waals surface area contributed by atoms with Gasteiger partial charge in [-0.15, -0.1) is 0 Å². The van der Waals surface area contributed by atoms with E-state index in [1.807, 2.05) is 11.0 Å². The molecule has 2 rings (SSSR count). The van der Waals surface area contributed by atoms with Crippen molar-refractivity contribution in [1.29, 1.82) is 0 Å². The predicted octanol–water partition coefficient (Wildman–Crippen LogP) is 0.626. The summed E-state index contributed by atoms with van der Waals surface area (Å²) in [6.45, 7) is 4.50. The quantitative estimate of drug-likeness (QED) is 0.849. The number of hydrogen-bond acceptors (Lipinski definition) is 4. The third kappa shape index (κ3) is 3.68. The molecule has 1 fully saturated rings. The van der Waals surface area contributed by atoms with Gasteiger partial charge in [0.15, 0.2) is 0 Å². The highest BCUT2D eigenvalue weighted by atomic mass is 19.1. The molecule has 0 saturated carbocycles. The van der Waals surface area contributed by atoms with E-state index in [4.69, 9.17) is 10.5 Å². The molecule has 5 nitrogen and oxygen atoms in total. The van der Waals surface area contributed by atoms with Gasteiger partial charge in [-0.3, -0.25) is 4.79 Å². The van der Waals surface area contributed by atoms with Crippen molar-refractivity contribution < 1.29 is 13.9 Å². The van der Waals surface area contributed by atoms with Gasteiger partial charge in [-0.2, -0.15) is 0 Å². The van der Waals surface area contributed by atoms with Crippen molar-refractivity contribution in [1.82, 2.24) is 5.32 Å². The van der Waals surface area contributed by atoms with Crippen LogP contribution in [-0.4, -0.2) is 38.3 Å². The Bertz CT molecular complexity index is 473. The zero-order valence-corrected chi connectivity index (χ0v) is 11.6. The fraction of sp³-hybridized carbons (Fsp3) is 0.500. The third-order valence-corrected chi connectivity index (χ3v) is 3.24. The van der Waals surface area contributed by atoms with Crippen molar-refractivity contribution in [2.45, 2.75) is 19.5 Å². The number of ether oxygens (including phenoxy) is 1. The van der Waals surface area contributed by atoms with Crippen molar-refractivity contribution in [3.8, 4) is 0 Å². The smallest absolute Gasteiger partial charge is 0.236 e. The maximum absolute atomic E-state index is 14.1. The van der Waals surface area contributed by atoms with Crippen LogP contribution in [0, 0.1) is 5.82 Å². The summed E-state index contributed by atoms with van der Waals surface area (Å²) < 4.78 is 19.3. The van der Waals surface area contributed by atoms with Crippen molar-refractivity contribution in [2.75, 3.05) is 31.2 Å². The average Bonchev–Trinajstić information content (AvgIpc) is 2.45. The number of nitrogens with zero attached hydrogens (tertiary/aromatic N) is 1. The second-order valence-corrected chi connectivity index (χ2v) is 4.89. The Kier molecular flexibility index (Phi) is 4.92. The maximum Gasteiger partial charge on any atom is 0.236 e. The first kappa shape index (κ1) is 14.7. The molecule has 3 N–H and O–H groups in total. The van der Waals surface area contributed by atoms with E-state index >= 15 is 0 Å². The highest BCUT2D eigenvalue weighted by molar-refractivity contribution is 5.80. The summed E-state index contributed by atoms with van der Waals surface area (Å²) in [6.07, 6.45) is 0. The second kappa shape index (κ2) is 6.67. The summed E-state index contributed by atoms with van der Waals surface area (Å²) in [5, 5.41) is 2.66. The fourth-order valence-corrected chi connectivity index (χ4v) is 2.07. The van der Waals surface area contributed by atoms with Crippen LogP contribution in [0.2, 0.25) is 0 Å². The van der Waals surface area contributed by atoms with Gasteiger partial charge in [0.2, 0.25) is 5.91 Å². The molecule has 110 valence electrons. The first-order chi connectivity index (χ1) is 9.58. The van der Waals surface area contributed by atoms with E-state index in [-0.39, 0.29) is 18.3 Å². The number of benzene rings is 1. The van der Waals surface area contributed by atoms with E-state index < -0.39 is 6.04 Å². The molecule has 20 heavy (non-hydrogen) atoms. The standard InChI is InChI=1S/C14H20FN3O2/c1-10(16)14(19)17-9-11-2-3-13(12(15)8-11)18-4-6-20-7-5-18/h2-3,8,10H,4-7,9,16H2,1H3,(H,17,19). The molecule has 0 radical (unpaired) electrons. The van der Waals surface area contributed by atoms with Gasteiger partial charge >= 0.3 is 0 Å². The molecule has 0 bridgehead atoms. The molecule has 1 atom stereocenters. The Labute approximate surface area is 117 Å². The van der Waals surface area contributed by atoms with Crippen LogP contribution < -0.4 is 16.0 Å². The second-order valence-electron chi connectivity index (χ2n) is 4.89. The first-order valence-corrected chi connectivity index (χ1v) is 6.72. The molecule has 0 aliphatic carbocycles. The number of carbonyl (C=O) groups excluding carboxylic acids is 1. The minimum atomic E-state index is -0.563. The predicted molar refractivity (Wildman–Crippen MR) is 74.9 cm³/mol. The maximum atomic E-state index is 14.1. The summed E-state index contributed by atoms with van der Waals surface area (Å²) in [6, 6.07) is 4.45. The molecule has 1 aliphatic heterocycles. The van der Waals surface area contributed by atoms with E-state index in [9.17, 15) is 9.18 Å². The molecule has 1 aromatic rings. The monoisotopic (exact) mass is 281 g/mol. The molecule has 0 spiro atoms. The lowest BCUT2D eigenvalue weighted by atomic mass is 10.1. The average molecular weight is 281 g/mol. The molecular weight excluding hydrogens is 261 g/mol. The van der Waals surface area contributed by atoms with Crippen LogP contribution in [-0.2, 0) is 16.1 Å². The fourth-order valence-electron chi connectivity index (χ4n) is 2.07. The number of nitrogens with two attached hydrogens (primary N) is 1. The van der Waals surface area contributed by atoms with E-state index in [0.717, 1.165) is 0 Å². The van der Waals surface area contributed by atoms with E-state index in [1.54, 1.807) is 13.0 Å². The topological polar surface area (TPSA) is 67.6 Å². The molecule has 0 aromatic heterocycles. The first-order valence-electron chi connectivity index (χ1n) is 6.72. The van der Waals surface area contributed by atoms with Gasteiger partial charge in [0.1, 0.15) is 5.82 Å². The van der Waals surface area contributed by atoms with Crippen molar-refractivity contribution in [3.05, 3.63) is 29.6 Å². The number of rotatable bonds is 4. The Morgan fingerprint density at radius 1 is 1.50 bits per heavy atom.